The molecule has 18 heavy (non-hydrogen) atoms. The molecule has 0 saturated carbocycles. The topological polar surface area (TPSA) is 32.5 Å². The maximum absolute atomic E-state index is 6.29. The number of fused-ring (bicyclic) bond motifs is 1. The molecule has 1 aromatic rings. The fraction of sp³-hybridized carbons (Fsp3) is 0.714. The van der Waals surface area contributed by atoms with Crippen LogP contribution in [0.25, 0.3) is 0 Å². The molecule has 2 N–H and O–H groups in total. The van der Waals surface area contributed by atoms with Crippen LogP contribution >= 0.6 is 11.3 Å². The van der Waals surface area contributed by atoms with Gasteiger partial charge in [0.2, 0.25) is 0 Å². The first-order valence-corrected chi connectivity index (χ1v) is 7.96. The van der Waals surface area contributed by atoms with Gasteiger partial charge in [-0.1, -0.05) is 12.5 Å². The lowest BCUT2D eigenvalue weighted by Crippen LogP contribution is -2.55. The third-order valence-corrected chi connectivity index (χ3v) is 5.29. The van der Waals surface area contributed by atoms with Crippen molar-refractivity contribution in [3.05, 3.63) is 22.4 Å². The van der Waals surface area contributed by atoms with Gasteiger partial charge in [-0.25, -0.2) is 0 Å². The van der Waals surface area contributed by atoms with Gasteiger partial charge in [-0.2, -0.15) is 0 Å². The van der Waals surface area contributed by atoms with Crippen LogP contribution in [0.15, 0.2) is 17.5 Å². The summed E-state index contributed by atoms with van der Waals surface area (Å²) in [5.74, 6) is 0. The van der Waals surface area contributed by atoms with Crippen LogP contribution in [0.2, 0.25) is 0 Å². The highest BCUT2D eigenvalue weighted by Crippen LogP contribution is 2.23. The molecule has 0 spiro atoms. The Morgan fingerprint density at radius 1 is 1.33 bits per heavy atom. The molecule has 3 rings (SSSR count). The first-order chi connectivity index (χ1) is 8.83. The maximum Gasteiger partial charge on any atom is 0.0519 e. The molecule has 0 radical (unpaired) electrons. The van der Waals surface area contributed by atoms with E-state index in [1.807, 2.05) is 0 Å². The van der Waals surface area contributed by atoms with Gasteiger partial charge in [0, 0.05) is 37.1 Å². The summed E-state index contributed by atoms with van der Waals surface area (Å²) in [5.41, 5.74) is 6.29. The zero-order chi connectivity index (χ0) is 12.4. The molecule has 3 heterocycles. The number of nitrogens with two attached hydrogens (primary N) is 1. The van der Waals surface area contributed by atoms with Gasteiger partial charge < -0.3 is 5.73 Å². The monoisotopic (exact) mass is 265 g/mol. The molecule has 0 amide bonds. The molecule has 2 atom stereocenters. The van der Waals surface area contributed by atoms with Crippen LogP contribution in [0.4, 0.5) is 0 Å². The van der Waals surface area contributed by atoms with Gasteiger partial charge in [-0.15, -0.1) is 11.3 Å². The molecule has 3 nitrogen and oxygen atoms in total. The van der Waals surface area contributed by atoms with E-state index in [0.717, 1.165) is 12.6 Å². The molecular formula is C14H23N3S. The van der Waals surface area contributed by atoms with Crippen LogP contribution in [-0.2, 0) is 0 Å². The van der Waals surface area contributed by atoms with E-state index in [2.05, 4.69) is 27.3 Å². The number of hydrogen-bond donors (Lipinski definition) is 1. The average Bonchev–Trinajstić information content (AvgIpc) is 2.92. The van der Waals surface area contributed by atoms with Gasteiger partial charge >= 0.3 is 0 Å². The van der Waals surface area contributed by atoms with E-state index < -0.39 is 0 Å². The summed E-state index contributed by atoms with van der Waals surface area (Å²) < 4.78 is 0. The normalized spacial score (nSPS) is 27.9. The van der Waals surface area contributed by atoms with Crippen molar-refractivity contribution in [3.8, 4) is 0 Å². The minimum absolute atomic E-state index is 0.195. The van der Waals surface area contributed by atoms with E-state index >= 15 is 0 Å². The van der Waals surface area contributed by atoms with Crippen LogP contribution in [0, 0.1) is 0 Å². The van der Waals surface area contributed by atoms with Crippen LogP contribution in [-0.4, -0.2) is 48.6 Å². The summed E-state index contributed by atoms with van der Waals surface area (Å²) in [7, 11) is 0. The second-order valence-corrected chi connectivity index (χ2v) is 6.55. The molecule has 2 fully saturated rings. The summed E-state index contributed by atoms with van der Waals surface area (Å²) in [5, 5.41) is 2.12. The Bertz CT molecular complexity index is 365. The molecule has 1 aromatic heterocycles. The first kappa shape index (κ1) is 12.6. The number of hydrogen-bond acceptors (Lipinski definition) is 4. The van der Waals surface area contributed by atoms with Crippen molar-refractivity contribution in [1.82, 2.24) is 9.80 Å². The molecule has 4 heteroatoms. The largest absolute Gasteiger partial charge is 0.322 e. The third-order valence-electron chi connectivity index (χ3n) is 4.28. The van der Waals surface area contributed by atoms with Crippen LogP contribution in [0.3, 0.4) is 0 Å². The molecular weight excluding hydrogens is 242 g/mol. The maximum atomic E-state index is 6.29. The van der Waals surface area contributed by atoms with E-state index in [4.69, 9.17) is 5.73 Å². The lowest BCUT2D eigenvalue weighted by Gasteiger charge is -2.44. The summed E-state index contributed by atoms with van der Waals surface area (Å²) in [6.07, 6.45) is 4.18. The molecule has 100 valence electrons. The van der Waals surface area contributed by atoms with Crippen LogP contribution < -0.4 is 5.73 Å². The molecule has 0 aliphatic carbocycles. The lowest BCUT2D eigenvalue weighted by molar-refractivity contribution is 0.0468. The molecule has 2 aliphatic heterocycles. The second kappa shape index (κ2) is 5.70. The Morgan fingerprint density at radius 3 is 3.11 bits per heavy atom. The van der Waals surface area contributed by atoms with E-state index in [-0.39, 0.29) is 6.04 Å². The van der Waals surface area contributed by atoms with Crippen molar-refractivity contribution in [2.75, 3.05) is 32.7 Å². The van der Waals surface area contributed by atoms with E-state index in [1.54, 1.807) is 11.3 Å². The summed E-state index contributed by atoms with van der Waals surface area (Å²) in [4.78, 5) is 6.56. The van der Waals surface area contributed by atoms with Crippen LogP contribution in [0.5, 0.6) is 0 Å². The fourth-order valence-corrected chi connectivity index (χ4v) is 3.98. The number of thiophene rings is 1. The standard InChI is InChI=1S/C14H23N3S/c15-13(14-5-3-9-18-14)11-16-7-8-17-6-2-1-4-12(17)10-16/h3,5,9,12-13H,1-2,4,6-8,10-11,15H2. The highest BCUT2D eigenvalue weighted by atomic mass is 32.1. The fourth-order valence-electron chi connectivity index (χ4n) is 3.26. The number of nitrogens with zero attached hydrogens (tertiary/aromatic N) is 2. The zero-order valence-corrected chi connectivity index (χ0v) is 11.7. The minimum Gasteiger partial charge on any atom is -0.322 e. The predicted octanol–water partition coefficient (Wildman–Crippen LogP) is 1.92. The predicted molar refractivity (Wildman–Crippen MR) is 76.9 cm³/mol. The van der Waals surface area contributed by atoms with Crippen molar-refractivity contribution < 1.29 is 0 Å². The van der Waals surface area contributed by atoms with Gasteiger partial charge in [0.15, 0.2) is 0 Å². The second-order valence-electron chi connectivity index (χ2n) is 5.57. The highest BCUT2D eigenvalue weighted by molar-refractivity contribution is 7.10. The third kappa shape index (κ3) is 2.77. The Morgan fingerprint density at radius 2 is 2.28 bits per heavy atom. The van der Waals surface area contributed by atoms with Crippen molar-refractivity contribution in [3.63, 3.8) is 0 Å². The first-order valence-electron chi connectivity index (χ1n) is 7.08. The Kier molecular flexibility index (Phi) is 3.99. The van der Waals surface area contributed by atoms with E-state index in [9.17, 15) is 0 Å². The molecule has 0 bridgehead atoms. The summed E-state index contributed by atoms with van der Waals surface area (Å²) in [6.45, 7) is 5.98. The van der Waals surface area contributed by atoms with Gasteiger partial charge in [0.05, 0.1) is 6.04 Å². The van der Waals surface area contributed by atoms with Crippen molar-refractivity contribution >= 4 is 11.3 Å². The molecule has 2 saturated heterocycles. The summed E-state index contributed by atoms with van der Waals surface area (Å²) in [6, 6.07) is 5.24. The van der Waals surface area contributed by atoms with Crippen molar-refractivity contribution in [2.24, 2.45) is 5.73 Å². The number of piperazine rings is 1. The molecule has 2 aliphatic rings. The van der Waals surface area contributed by atoms with Crippen molar-refractivity contribution in [2.45, 2.75) is 31.3 Å². The van der Waals surface area contributed by atoms with Gasteiger partial charge in [0.25, 0.3) is 0 Å². The Labute approximate surface area is 114 Å². The SMILES string of the molecule is NC(CN1CCN2CCCCC2C1)c1cccs1. The molecule has 2 unspecified atom stereocenters. The number of piperidine rings is 1. The van der Waals surface area contributed by atoms with Crippen molar-refractivity contribution in [1.29, 1.82) is 0 Å². The average molecular weight is 265 g/mol. The summed E-state index contributed by atoms with van der Waals surface area (Å²) >= 11 is 1.78. The van der Waals surface area contributed by atoms with Gasteiger partial charge in [-0.05, 0) is 30.8 Å². The Balaban J connectivity index is 1.54. The zero-order valence-electron chi connectivity index (χ0n) is 10.9. The van der Waals surface area contributed by atoms with Crippen LogP contribution in [0.1, 0.15) is 30.2 Å². The quantitative estimate of drug-likeness (QED) is 0.906. The Hall–Kier alpha value is -0.420. The van der Waals surface area contributed by atoms with E-state index in [0.29, 0.717) is 0 Å². The lowest BCUT2D eigenvalue weighted by atomic mass is 9.99. The highest BCUT2D eigenvalue weighted by Gasteiger charge is 2.29. The number of rotatable bonds is 3. The van der Waals surface area contributed by atoms with Gasteiger partial charge in [0.1, 0.15) is 0 Å². The smallest absolute Gasteiger partial charge is 0.0519 e. The minimum atomic E-state index is 0.195. The molecule has 0 aromatic carbocycles. The van der Waals surface area contributed by atoms with E-state index in [1.165, 1.54) is 50.3 Å². The van der Waals surface area contributed by atoms with Gasteiger partial charge in [-0.3, -0.25) is 9.80 Å².